The molecule has 2 aliphatic heterocycles. The molecule has 2 amide bonds. The molecule has 1 N–H and O–H groups in total. The number of hydrazine groups is 1. The van der Waals surface area contributed by atoms with Crippen molar-refractivity contribution in [2.75, 3.05) is 13.2 Å². The van der Waals surface area contributed by atoms with Crippen LogP contribution in [0.1, 0.15) is 32.6 Å². The van der Waals surface area contributed by atoms with E-state index in [2.05, 4.69) is 5.43 Å². The Bertz CT molecular complexity index is 360. The Balaban J connectivity index is 2.25. The van der Waals surface area contributed by atoms with Gasteiger partial charge in [0.2, 0.25) is 11.8 Å². The van der Waals surface area contributed by atoms with Crippen molar-refractivity contribution in [2.24, 2.45) is 0 Å². The summed E-state index contributed by atoms with van der Waals surface area (Å²) >= 11 is 0. The van der Waals surface area contributed by atoms with Crippen molar-refractivity contribution in [1.82, 2.24) is 10.4 Å². The topological polar surface area (TPSA) is 75.7 Å². The SMILES string of the molecule is CC(=O)NN1C(=O)CC(=O)CC12CCOCC2. The molecule has 2 saturated heterocycles. The lowest BCUT2D eigenvalue weighted by Gasteiger charge is -2.47. The summed E-state index contributed by atoms with van der Waals surface area (Å²) in [4.78, 5) is 34.6. The van der Waals surface area contributed by atoms with Gasteiger partial charge in [-0.1, -0.05) is 0 Å². The molecule has 17 heavy (non-hydrogen) atoms. The predicted octanol–water partition coefficient (Wildman–Crippen LogP) is -0.222. The van der Waals surface area contributed by atoms with Gasteiger partial charge in [0.1, 0.15) is 5.78 Å². The molecule has 0 aromatic rings. The molecule has 6 nitrogen and oxygen atoms in total. The van der Waals surface area contributed by atoms with E-state index in [1.165, 1.54) is 11.9 Å². The molecule has 0 aliphatic carbocycles. The Morgan fingerprint density at radius 2 is 2.00 bits per heavy atom. The summed E-state index contributed by atoms with van der Waals surface area (Å²) in [6, 6.07) is 0. The van der Waals surface area contributed by atoms with Gasteiger partial charge in [-0.15, -0.1) is 0 Å². The van der Waals surface area contributed by atoms with Gasteiger partial charge in [-0.3, -0.25) is 19.8 Å². The zero-order chi connectivity index (χ0) is 12.5. The molecular formula is C11H16N2O4. The molecule has 2 fully saturated rings. The van der Waals surface area contributed by atoms with Crippen LogP contribution in [0.4, 0.5) is 0 Å². The second-order valence-corrected chi connectivity index (χ2v) is 4.63. The highest BCUT2D eigenvalue weighted by molar-refractivity contribution is 6.01. The highest BCUT2D eigenvalue weighted by Crippen LogP contribution is 2.34. The average Bonchev–Trinajstić information content (AvgIpc) is 2.24. The fraction of sp³-hybridized carbons (Fsp3) is 0.727. The van der Waals surface area contributed by atoms with Crippen molar-refractivity contribution in [2.45, 2.75) is 38.1 Å². The third-order valence-electron chi connectivity index (χ3n) is 3.29. The van der Waals surface area contributed by atoms with Crippen molar-refractivity contribution >= 4 is 17.6 Å². The Hall–Kier alpha value is -1.43. The van der Waals surface area contributed by atoms with Gasteiger partial charge in [-0.25, -0.2) is 5.01 Å². The molecule has 0 saturated carbocycles. The number of carbonyl (C=O) groups is 3. The number of ether oxygens (including phenoxy) is 1. The molecule has 0 aromatic heterocycles. The Morgan fingerprint density at radius 1 is 1.35 bits per heavy atom. The molecule has 2 rings (SSSR count). The normalized spacial score (nSPS) is 23.9. The largest absolute Gasteiger partial charge is 0.381 e. The van der Waals surface area contributed by atoms with Crippen molar-refractivity contribution < 1.29 is 19.1 Å². The van der Waals surface area contributed by atoms with Crippen LogP contribution in [-0.4, -0.2) is 41.4 Å². The first-order chi connectivity index (χ1) is 8.03. The summed E-state index contributed by atoms with van der Waals surface area (Å²) < 4.78 is 5.26. The number of hydrogen-bond acceptors (Lipinski definition) is 4. The lowest BCUT2D eigenvalue weighted by Crippen LogP contribution is -2.65. The molecule has 2 heterocycles. The number of carbonyl (C=O) groups excluding carboxylic acids is 3. The minimum Gasteiger partial charge on any atom is -0.381 e. The van der Waals surface area contributed by atoms with Crippen LogP contribution in [0.15, 0.2) is 0 Å². The average molecular weight is 240 g/mol. The minimum atomic E-state index is -0.573. The third kappa shape index (κ3) is 2.31. The van der Waals surface area contributed by atoms with Crippen LogP contribution in [0.25, 0.3) is 0 Å². The fourth-order valence-corrected chi connectivity index (χ4v) is 2.51. The number of Topliss-reactive ketones (excluding diaryl/α,β-unsaturated/α-hetero) is 1. The summed E-state index contributed by atoms with van der Waals surface area (Å²) in [5.41, 5.74) is 1.98. The van der Waals surface area contributed by atoms with Gasteiger partial charge in [0.05, 0.1) is 12.0 Å². The smallest absolute Gasteiger partial charge is 0.248 e. The molecule has 0 aromatic carbocycles. The van der Waals surface area contributed by atoms with E-state index in [0.717, 1.165) is 0 Å². The molecule has 0 unspecified atom stereocenters. The zero-order valence-corrected chi connectivity index (χ0v) is 9.82. The first-order valence-corrected chi connectivity index (χ1v) is 5.73. The number of ketones is 1. The summed E-state index contributed by atoms with van der Waals surface area (Å²) in [7, 11) is 0. The molecule has 6 heteroatoms. The molecule has 0 radical (unpaired) electrons. The van der Waals surface area contributed by atoms with Crippen LogP contribution in [0, 0.1) is 0 Å². The highest BCUT2D eigenvalue weighted by atomic mass is 16.5. The van der Waals surface area contributed by atoms with Crippen LogP contribution < -0.4 is 5.43 Å². The van der Waals surface area contributed by atoms with Crippen LogP contribution >= 0.6 is 0 Å². The van der Waals surface area contributed by atoms with E-state index in [1.54, 1.807) is 0 Å². The van der Waals surface area contributed by atoms with Crippen LogP contribution in [0.5, 0.6) is 0 Å². The van der Waals surface area contributed by atoms with Gasteiger partial charge in [0.25, 0.3) is 0 Å². The molecule has 94 valence electrons. The van der Waals surface area contributed by atoms with E-state index in [0.29, 0.717) is 32.5 Å². The van der Waals surface area contributed by atoms with E-state index in [-0.39, 0.29) is 24.0 Å². The molecule has 0 atom stereocenters. The number of nitrogens with one attached hydrogen (secondary N) is 1. The molecule has 1 spiro atoms. The van der Waals surface area contributed by atoms with Gasteiger partial charge < -0.3 is 4.74 Å². The van der Waals surface area contributed by atoms with E-state index in [9.17, 15) is 14.4 Å². The summed E-state index contributed by atoms with van der Waals surface area (Å²) in [5, 5.41) is 1.36. The maximum atomic E-state index is 11.9. The Morgan fingerprint density at radius 3 is 2.59 bits per heavy atom. The van der Waals surface area contributed by atoms with Crippen LogP contribution in [0.3, 0.4) is 0 Å². The zero-order valence-electron chi connectivity index (χ0n) is 9.82. The molecule has 0 bridgehead atoms. The van der Waals surface area contributed by atoms with Gasteiger partial charge in [-0.2, -0.15) is 0 Å². The number of rotatable bonds is 1. The number of nitrogens with zero attached hydrogens (tertiary/aromatic N) is 1. The van der Waals surface area contributed by atoms with E-state index >= 15 is 0 Å². The van der Waals surface area contributed by atoms with E-state index < -0.39 is 5.54 Å². The Kier molecular flexibility index (Phi) is 3.15. The predicted molar refractivity (Wildman–Crippen MR) is 57.7 cm³/mol. The van der Waals surface area contributed by atoms with Crippen molar-refractivity contribution in [1.29, 1.82) is 0 Å². The number of piperidine rings is 1. The maximum absolute atomic E-state index is 11.9. The summed E-state index contributed by atoms with van der Waals surface area (Å²) in [6.45, 7) is 2.38. The van der Waals surface area contributed by atoms with Crippen molar-refractivity contribution in [3.8, 4) is 0 Å². The lowest BCUT2D eigenvalue weighted by atomic mass is 9.80. The first kappa shape index (κ1) is 12.0. The lowest BCUT2D eigenvalue weighted by molar-refractivity contribution is -0.163. The van der Waals surface area contributed by atoms with Gasteiger partial charge >= 0.3 is 0 Å². The molecular weight excluding hydrogens is 224 g/mol. The van der Waals surface area contributed by atoms with Gasteiger partial charge in [0, 0.05) is 26.6 Å². The Labute approximate surface area is 99.3 Å². The minimum absolute atomic E-state index is 0.0569. The summed E-state index contributed by atoms with van der Waals surface area (Å²) in [5.74, 6) is -0.671. The van der Waals surface area contributed by atoms with E-state index in [4.69, 9.17) is 4.74 Å². The van der Waals surface area contributed by atoms with Crippen molar-refractivity contribution in [3.05, 3.63) is 0 Å². The standard InChI is InChI=1S/C11H16N2O4/c1-8(14)12-13-10(16)6-9(15)7-11(13)2-4-17-5-3-11/h2-7H2,1H3,(H,12,14). The number of hydrogen-bond donors (Lipinski definition) is 1. The second-order valence-electron chi connectivity index (χ2n) is 4.63. The van der Waals surface area contributed by atoms with Crippen LogP contribution in [0.2, 0.25) is 0 Å². The van der Waals surface area contributed by atoms with Crippen LogP contribution in [-0.2, 0) is 19.1 Å². The fourth-order valence-electron chi connectivity index (χ4n) is 2.51. The van der Waals surface area contributed by atoms with E-state index in [1.807, 2.05) is 0 Å². The third-order valence-corrected chi connectivity index (χ3v) is 3.29. The molecule has 2 aliphatic rings. The van der Waals surface area contributed by atoms with Gasteiger partial charge in [0.15, 0.2) is 0 Å². The van der Waals surface area contributed by atoms with Crippen molar-refractivity contribution in [3.63, 3.8) is 0 Å². The second kappa shape index (κ2) is 4.44. The maximum Gasteiger partial charge on any atom is 0.248 e. The quantitative estimate of drug-likeness (QED) is 0.643. The highest BCUT2D eigenvalue weighted by Gasteiger charge is 2.47. The first-order valence-electron chi connectivity index (χ1n) is 5.73. The number of amides is 2. The monoisotopic (exact) mass is 240 g/mol. The summed E-state index contributed by atoms with van der Waals surface area (Å²) in [6.07, 6.45) is 1.36. The van der Waals surface area contributed by atoms with Gasteiger partial charge in [-0.05, 0) is 12.8 Å².